The molecule has 0 spiro atoms. The molecule has 2 aliphatic rings. The molecule has 0 saturated carbocycles. The lowest BCUT2D eigenvalue weighted by molar-refractivity contribution is -0.153. The molecule has 1 amide bonds. The molecule has 2 unspecified atom stereocenters. The van der Waals surface area contributed by atoms with Crippen LogP contribution in [0.1, 0.15) is 6.42 Å². The molecule has 2 rings (SSSR count). The lowest BCUT2D eigenvalue weighted by atomic mass is 9.97. The van der Waals surface area contributed by atoms with E-state index in [1.54, 1.807) is 0 Å². The number of ether oxygens (including phenoxy) is 1. The van der Waals surface area contributed by atoms with Crippen molar-refractivity contribution in [3.8, 4) is 0 Å². The molecule has 5 N–H and O–H groups in total. The number of carbonyl (C=O) groups excluding carboxylic acids is 2. The predicted molar refractivity (Wildman–Crippen MR) is 94.1 cm³/mol. The van der Waals surface area contributed by atoms with Gasteiger partial charge < -0.3 is 29.4 Å². The average molecular weight is 511 g/mol. The number of aliphatic hydroxyl groups is 1. The first-order valence-corrected chi connectivity index (χ1v) is 12.5. The molecule has 0 aromatic rings. The van der Waals surface area contributed by atoms with Crippen LogP contribution in [-0.4, -0.2) is 72.0 Å². The second kappa shape index (κ2) is 9.02. The minimum Gasteiger partial charge on any atom is -0.385 e. The number of ketones is 1. The monoisotopic (exact) mass is 511 g/mol. The molecule has 19 heteroatoms. The van der Waals surface area contributed by atoms with E-state index in [1.807, 2.05) is 0 Å². The summed E-state index contributed by atoms with van der Waals surface area (Å²) in [6, 6.07) is 0. The summed E-state index contributed by atoms with van der Waals surface area (Å²) in [5, 5.41) is 10.1. The number of carbonyl (C=O) groups is 2. The van der Waals surface area contributed by atoms with E-state index in [-0.39, 0.29) is 0 Å². The zero-order valence-electron chi connectivity index (χ0n) is 15.2. The molecular formula is C12H17FNO14P3. The van der Waals surface area contributed by atoms with Crippen LogP contribution in [0, 0.1) is 0 Å². The highest BCUT2D eigenvalue weighted by Crippen LogP contribution is 2.66. The van der Waals surface area contributed by atoms with E-state index in [4.69, 9.17) is 19.4 Å². The minimum absolute atomic E-state index is 0.548. The van der Waals surface area contributed by atoms with E-state index >= 15 is 0 Å². The van der Waals surface area contributed by atoms with Gasteiger partial charge in [-0.15, -0.1) is 6.58 Å². The fourth-order valence-corrected chi connectivity index (χ4v) is 5.67. The fourth-order valence-electron chi connectivity index (χ4n) is 2.61. The number of hydrogen-bond donors (Lipinski definition) is 5. The van der Waals surface area contributed by atoms with Gasteiger partial charge in [0.2, 0.25) is 5.91 Å². The summed E-state index contributed by atoms with van der Waals surface area (Å²) in [5.74, 6) is -1.38. The number of rotatable bonds is 9. The Balaban J connectivity index is 2.16. The van der Waals surface area contributed by atoms with Gasteiger partial charge in [0, 0.05) is 6.20 Å². The summed E-state index contributed by atoms with van der Waals surface area (Å²) in [6.45, 7) is 1.98. The van der Waals surface area contributed by atoms with Gasteiger partial charge in [-0.05, 0) is 6.08 Å². The summed E-state index contributed by atoms with van der Waals surface area (Å²) in [4.78, 5) is 59.5. The molecule has 2 heterocycles. The van der Waals surface area contributed by atoms with Gasteiger partial charge in [0.15, 0.2) is 18.2 Å². The van der Waals surface area contributed by atoms with Crippen LogP contribution >= 0.6 is 23.5 Å². The number of amides is 1. The van der Waals surface area contributed by atoms with Gasteiger partial charge in [-0.1, -0.05) is 6.08 Å². The van der Waals surface area contributed by atoms with Crippen LogP contribution in [0.25, 0.3) is 0 Å². The van der Waals surface area contributed by atoms with Crippen molar-refractivity contribution >= 4 is 35.2 Å². The molecule has 176 valence electrons. The normalized spacial score (nSPS) is 33.2. The summed E-state index contributed by atoms with van der Waals surface area (Å²) in [5.41, 5.74) is -2.38. The van der Waals surface area contributed by atoms with Gasteiger partial charge in [-0.2, -0.15) is 8.62 Å². The van der Waals surface area contributed by atoms with Crippen molar-refractivity contribution in [2.45, 2.75) is 30.5 Å². The third-order valence-corrected chi connectivity index (χ3v) is 7.70. The summed E-state index contributed by atoms with van der Waals surface area (Å²) >= 11 is 0. The minimum atomic E-state index is -5.81. The molecule has 1 fully saturated rings. The van der Waals surface area contributed by atoms with Crippen molar-refractivity contribution in [2.24, 2.45) is 0 Å². The second-order valence-electron chi connectivity index (χ2n) is 6.18. The third-order valence-electron chi connectivity index (χ3n) is 3.92. The zero-order valence-corrected chi connectivity index (χ0v) is 17.8. The molecule has 0 aliphatic carbocycles. The van der Waals surface area contributed by atoms with Crippen molar-refractivity contribution in [2.75, 3.05) is 6.61 Å². The lowest BCUT2D eigenvalue weighted by Gasteiger charge is -2.31. The molecule has 15 nitrogen and oxygen atoms in total. The van der Waals surface area contributed by atoms with Gasteiger partial charge in [0.1, 0.15) is 11.7 Å². The van der Waals surface area contributed by atoms with Crippen LogP contribution in [-0.2, 0) is 41.2 Å². The molecule has 0 radical (unpaired) electrons. The molecule has 0 aromatic heterocycles. The third kappa shape index (κ3) is 6.45. The zero-order chi connectivity index (χ0) is 23.8. The first-order valence-electron chi connectivity index (χ1n) is 7.95. The van der Waals surface area contributed by atoms with Crippen LogP contribution in [0.3, 0.4) is 0 Å². The van der Waals surface area contributed by atoms with Crippen LogP contribution in [0.5, 0.6) is 0 Å². The number of halogens is 1. The van der Waals surface area contributed by atoms with E-state index in [0.717, 1.165) is 18.4 Å². The number of alkyl halides is 1. The molecule has 0 aromatic carbocycles. The Morgan fingerprint density at radius 1 is 1.23 bits per heavy atom. The number of aliphatic hydroxyl groups excluding tert-OH is 1. The fraction of sp³-hybridized carbons (Fsp3) is 0.500. The molecule has 2 aliphatic heterocycles. The standard InChI is InChI=1S/C12H17FNO14P3/c1-2-12(6-25-30(21,22)28-31(23,24)27-29(18,19)20)10(13)9(17)11(26-12)14-4-3-7(15)5-8(14)16/h2-4,9-11,17H,1,5-6H2,(H,21,22)(H,23,24)(H2,18,19,20)/t9-,10+,11-,12-/m1/s1. The van der Waals surface area contributed by atoms with Crippen molar-refractivity contribution in [1.82, 2.24) is 4.90 Å². The van der Waals surface area contributed by atoms with Gasteiger partial charge in [-0.25, -0.2) is 18.1 Å². The maximum atomic E-state index is 14.8. The molecule has 6 atom stereocenters. The van der Waals surface area contributed by atoms with Crippen LogP contribution in [0.15, 0.2) is 24.9 Å². The second-order valence-corrected chi connectivity index (χ2v) is 10.6. The van der Waals surface area contributed by atoms with Gasteiger partial charge in [0.25, 0.3) is 0 Å². The van der Waals surface area contributed by atoms with E-state index < -0.39 is 72.3 Å². The largest absolute Gasteiger partial charge is 0.490 e. The van der Waals surface area contributed by atoms with Crippen molar-refractivity contribution < 1.29 is 70.2 Å². The Labute approximate surface area is 173 Å². The van der Waals surface area contributed by atoms with Crippen molar-refractivity contribution in [1.29, 1.82) is 0 Å². The molecule has 0 bridgehead atoms. The van der Waals surface area contributed by atoms with Gasteiger partial charge in [-0.3, -0.25) is 19.0 Å². The summed E-state index contributed by atoms with van der Waals surface area (Å²) in [7, 11) is -17.0. The highest BCUT2D eigenvalue weighted by molar-refractivity contribution is 7.66. The SMILES string of the molecule is C=C[C@]1(COP(=O)(O)OP(=O)(O)OP(=O)(O)O)O[C@@H](N2C=CC(=O)CC2=O)[C@H](O)[C@@H]1F. The van der Waals surface area contributed by atoms with Crippen molar-refractivity contribution in [3.63, 3.8) is 0 Å². The first-order chi connectivity index (χ1) is 14.0. The Morgan fingerprint density at radius 3 is 2.35 bits per heavy atom. The van der Waals surface area contributed by atoms with Crippen LogP contribution in [0.4, 0.5) is 4.39 Å². The molecule has 1 saturated heterocycles. The van der Waals surface area contributed by atoms with E-state index in [0.29, 0.717) is 4.90 Å². The average Bonchev–Trinajstić information content (AvgIpc) is 2.82. The molecule has 31 heavy (non-hydrogen) atoms. The quantitative estimate of drug-likeness (QED) is 0.151. The Kier molecular flexibility index (Phi) is 7.61. The van der Waals surface area contributed by atoms with Crippen LogP contribution < -0.4 is 0 Å². The van der Waals surface area contributed by atoms with Gasteiger partial charge >= 0.3 is 23.5 Å². The number of hydrogen-bond acceptors (Lipinski definition) is 10. The number of phosphoric acid groups is 3. The Morgan fingerprint density at radius 2 is 1.84 bits per heavy atom. The maximum absolute atomic E-state index is 14.8. The predicted octanol–water partition coefficient (Wildman–Crippen LogP) is -0.375. The highest BCUT2D eigenvalue weighted by Gasteiger charge is 2.57. The van der Waals surface area contributed by atoms with Gasteiger partial charge in [0.05, 0.1) is 13.0 Å². The summed E-state index contributed by atoms with van der Waals surface area (Å²) in [6.07, 6.45) is -4.10. The topological polar surface area (TPSA) is 227 Å². The highest BCUT2D eigenvalue weighted by atomic mass is 31.3. The van der Waals surface area contributed by atoms with Crippen LogP contribution in [0.2, 0.25) is 0 Å². The summed E-state index contributed by atoms with van der Waals surface area (Å²) < 4.78 is 65.3. The molecular weight excluding hydrogens is 494 g/mol. The Hall–Kier alpha value is -1.12. The smallest absolute Gasteiger partial charge is 0.385 e. The number of phosphoric ester groups is 1. The van der Waals surface area contributed by atoms with Crippen molar-refractivity contribution in [3.05, 3.63) is 24.9 Å². The maximum Gasteiger partial charge on any atom is 0.490 e. The Bertz CT molecular complexity index is 934. The first kappa shape index (κ1) is 26.1. The van der Waals surface area contributed by atoms with E-state index in [9.17, 15) is 37.7 Å². The lowest BCUT2D eigenvalue weighted by Crippen LogP contribution is -2.45. The number of nitrogens with zero attached hydrogens (tertiary/aromatic N) is 1. The number of allylic oxidation sites excluding steroid dienone is 1. The van der Waals surface area contributed by atoms with E-state index in [1.165, 1.54) is 0 Å². The van der Waals surface area contributed by atoms with E-state index in [2.05, 4.69) is 19.7 Å².